The number of benzene rings is 2. The molecule has 174 valence electrons. The van der Waals surface area contributed by atoms with Crippen LogP contribution in [0.3, 0.4) is 0 Å². The van der Waals surface area contributed by atoms with E-state index in [0.717, 1.165) is 40.5 Å². The number of rotatable bonds is 9. The van der Waals surface area contributed by atoms with E-state index in [-0.39, 0.29) is 5.91 Å². The first-order valence-corrected chi connectivity index (χ1v) is 11.0. The minimum Gasteiger partial charge on any atom is -0.361 e. The van der Waals surface area contributed by atoms with Crippen LogP contribution in [-0.2, 0) is 9.59 Å². The molecule has 2 aromatic heterocycles. The number of nitrogens with one attached hydrogen (secondary N) is 4. The molecule has 9 heteroatoms. The van der Waals surface area contributed by atoms with Gasteiger partial charge >= 0.3 is 0 Å². The Morgan fingerprint density at radius 3 is 2.68 bits per heavy atom. The monoisotopic (exact) mass is 457 g/mol. The molecule has 0 atom stereocenters. The fourth-order valence-electron chi connectivity index (χ4n) is 3.50. The Kier molecular flexibility index (Phi) is 7.14. The zero-order valence-electron chi connectivity index (χ0n) is 19.1. The summed E-state index contributed by atoms with van der Waals surface area (Å²) in [7, 11) is 3.96. The molecular weight excluding hydrogens is 430 g/mol. The van der Waals surface area contributed by atoms with E-state index in [1.54, 1.807) is 12.1 Å². The number of anilines is 3. The molecule has 34 heavy (non-hydrogen) atoms. The Balaban J connectivity index is 1.42. The number of carbonyl (C=O) groups excluding carboxylic acids is 2. The van der Waals surface area contributed by atoms with Gasteiger partial charge in [0.25, 0.3) is 0 Å². The molecule has 0 aliphatic heterocycles. The van der Waals surface area contributed by atoms with Gasteiger partial charge in [0, 0.05) is 52.6 Å². The quantitative estimate of drug-likeness (QED) is 0.226. The summed E-state index contributed by atoms with van der Waals surface area (Å²) in [6.07, 6.45) is 6.69. The number of hydrogen-bond acceptors (Lipinski definition) is 6. The first kappa shape index (κ1) is 22.9. The number of H-pyrrole nitrogens is 1. The molecule has 4 aromatic rings. The highest BCUT2D eigenvalue weighted by Gasteiger charge is 2.08. The van der Waals surface area contributed by atoms with E-state index >= 15 is 0 Å². The number of aromatic nitrogens is 3. The Morgan fingerprint density at radius 1 is 1.00 bits per heavy atom. The lowest BCUT2D eigenvalue weighted by Gasteiger charge is -2.10. The summed E-state index contributed by atoms with van der Waals surface area (Å²) in [5.74, 6) is -0.0672. The van der Waals surface area contributed by atoms with Crippen molar-refractivity contribution in [3.05, 3.63) is 67.1 Å². The van der Waals surface area contributed by atoms with Crippen LogP contribution in [0, 0.1) is 0 Å². The molecule has 0 radical (unpaired) electrons. The van der Waals surface area contributed by atoms with Crippen LogP contribution < -0.4 is 16.0 Å². The molecule has 9 nitrogen and oxygen atoms in total. The van der Waals surface area contributed by atoms with Crippen LogP contribution in [-0.4, -0.2) is 58.9 Å². The van der Waals surface area contributed by atoms with Gasteiger partial charge in [-0.05, 0) is 69.5 Å². The minimum absolute atomic E-state index is 0.299. The van der Waals surface area contributed by atoms with Crippen molar-refractivity contribution in [3.8, 4) is 0 Å². The summed E-state index contributed by atoms with van der Waals surface area (Å²) >= 11 is 0. The molecule has 0 spiro atoms. The Morgan fingerprint density at radius 2 is 1.82 bits per heavy atom. The average molecular weight is 458 g/mol. The Hall–Kier alpha value is -4.24. The van der Waals surface area contributed by atoms with Crippen molar-refractivity contribution in [2.75, 3.05) is 37.8 Å². The van der Waals surface area contributed by atoms with Crippen LogP contribution in [0.4, 0.5) is 17.2 Å². The summed E-state index contributed by atoms with van der Waals surface area (Å²) in [6, 6.07) is 13.4. The summed E-state index contributed by atoms with van der Waals surface area (Å²) in [5.41, 5.74) is 3.26. The van der Waals surface area contributed by atoms with E-state index in [1.165, 1.54) is 18.5 Å². The third-order valence-electron chi connectivity index (χ3n) is 5.19. The van der Waals surface area contributed by atoms with Gasteiger partial charge in [0.1, 0.15) is 12.1 Å². The van der Waals surface area contributed by atoms with Gasteiger partial charge < -0.3 is 25.8 Å². The lowest BCUT2D eigenvalue weighted by molar-refractivity contribution is -0.117. The van der Waals surface area contributed by atoms with Crippen molar-refractivity contribution in [2.24, 2.45) is 0 Å². The van der Waals surface area contributed by atoms with Gasteiger partial charge in [0.05, 0.1) is 5.52 Å². The molecule has 0 fully saturated rings. The average Bonchev–Trinajstić information content (AvgIpc) is 3.29. The van der Waals surface area contributed by atoms with E-state index in [2.05, 4.69) is 30.9 Å². The fourth-order valence-corrected chi connectivity index (χ4v) is 3.50. The maximum Gasteiger partial charge on any atom is 0.248 e. The second-order valence-electron chi connectivity index (χ2n) is 8.13. The molecule has 2 amide bonds. The molecule has 2 heterocycles. The molecule has 0 unspecified atom stereocenters. The van der Waals surface area contributed by atoms with Crippen molar-refractivity contribution in [3.63, 3.8) is 0 Å². The zero-order valence-corrected chi connectivity index (χ0v) is 19.1. The molecule has 0 bridgehead atoms. The molecule has 0 aliphatic carbocycles. The number of fused-ring (bicyclic) bond motifs is 2. The third-order valence-corrected chi connectivity index (χ3v) is 5.19. The molecule has 4 N–H and O–H groups in total. The van der Waals surface area contributed by atoms with E-state index in [1.807, 2.05) is 55.5 Å². The van der Waals surface area contributed by atoms with Crippen molar-refractivity contribution in [2.45, 2.75) is 6.42 Å². The van der Waals surface area contributed by atoms with Crippen molar-refractivity contribution < 1.29 is 9.59 Å². The van der Waals surface area contributed by atoms with Gasteiger partial charge in [-0.15, -0.1) is 0 Å². The second-order valence-corrected chi connectivity index (χ2v) is 8.13. The van der Waals surface area contributed by atoms with Crippen LogP contribution >= 0.6 is 0 Å². The third kappa shape index (κ3) is 5.96. The lowest BCUT2D eigenvalue weighted by atomic mass is 10.2. The van der Waals surface area contributed by atoms with Crippen LogP contribution in [0.25, 0.3) is 21.8 Å². The van der Waals surface area contributed by atoms with Gasteiger partial charge in [-0.2, -0.15) is 0 Å². The van der Waals surface area contributed by atoms with E-state index in [9.17, 15) is 9.59 Å². The van der Waals surface area contributed by atoms with Gasteiger partial charge in [-0.1, -0.05) is 0 Å². The molecular formula is C25H27N7O2. The molecule has 4 rings (SSSR count). The van der Waals surface area contributed by atoms with Crippen molar-refractivity contribution in [1.82, 2.24) is 25.2 Å². The first-order chi connectivity index (χ1) is 16.5. The van der Waals surface area contributed by atoms with Crippen LogP contribution in [0.1, 0.15) is 6.42 Å². The lowest BCUT2D eigenvalue weighted by Crippen LogP contribution is -2.25. The normalized spacial score (nSPS) is 11.4. The highest BCUT2D eigenvalue weighted by molar-refractivity contribution is 6.05. The summed E-state index contributed by atoms with van der Waals surface area (Å²) in [4.78, 5) is 38.1. The highest BCUT2D eigenvalue weighted by Crippen LogP contribution is 2.27. The van der Waals surface area contributed by atoms with E-state index in [4.69, 9.17) is 0 Å². The summed E-state index contributed by atoms with van der Waals surface area (Å²) in [6.45, 7) is 1.44. The van der Waals surface area contributed by atoms with Crippen molar-refractivity contribution >= 4 is 50.8 Å². The first-order valence-electron chi connectivity index (χ1n) is 11.0. The fraction of sp³-hybridized carbons (Fsp3) is 0.200. The Labute approximate surface area is 197 Å². The molecule has 0 saturated carbocycles. The minimum atomic E-state index is -0.396. The SMILES string of the molecule is CN(C)CCCNC(=O)C=CC(=O)Nc1ccc2ncnc(Nc3ccc4[nH]ccc4c3)c2c1. The second kappa shape index (κ2) is 10.6. The largest absolute Gasteiger partial charge is 0.361 e. The molecule has 0 saturated heterocycles. The van der Waals surface area contributed by atoms with Crippen LogP contribution in [0.2, 0.25) is 0 Å². The number of aromatic amines is 1. The van der Waals surface area contributed by atoms with Crippen molar-refractivity contribution in [1.29, 1.82) is 0 Å². The predicted molar refractivity (Wildman–Crippen MR) is 135 cm³/mol. The Bertz CT molecular complexity index is 1340. The maximum atomic E-state index is 12.3. The zero-order chi connectivity index (χ0) is 23.9. The smallest absolute Gasteiger partial charge is 0.248 e. The maximum absolute atomic E-state index is 12.3. The van der Waals surface area contributed by atoms with Gasteiger partial charge in [-0.3, -0.25) is 9.59 Å². The molecule has 0 aliphatic rings. The number of carbonyl (C=O) groups is 2. The number of amides is 2. The van der Waals surface area contributed by atoms with Gasteiger partial charge in [-0.25, -0.2) is 9.97 Å². The van der Waals surface area contributed by atoms with Crippen LogP contribution in [0.5, 0.6) is 0 Å². The van der Waals surface area contributed by atoms with E-state index in [0.29, 0.717) is 18.1 Å². The standard InChI is InChI=1S/C25H27N7O2/c1-32(2)13-3-11-27-23(33)8-9-24(34)30-19-5-7-22-20(15-19)25(29-16-28-22)31-18-4-6-21-17(14-18)10-12-26-21/h4-10,12,14-16,26H,3,11,13H2,1-2H3,(H,27,33)(H,30,34)(H,28,29,31). The summed E-state index contributed by atoms with van der Waals surface area (Å²) < 4.78 is 0. The number of hydrogen-bond donors (Lipinski definition) is 4. The highest BCUT2D eigenvalue weighted by atomic mass is 16.2. The van der Waals surface area contributed by atoms with Crippen LogP contribution in [0.15, 0.2) is 67.1 Å². The van der Waals surface area contributed by atoms with E-state index < -0.39 is 5.91 Å². The summed E-state index contributed by atoms with van der Waals surface area (Å²) in [5, 5.41) is 10.7. The molecule has 2 aromatic carbocycles. The van der Waals surface area contributed by atoms with Gasteiger partial charge in [0.15, 0.2) is 0 Å². The number of nitrogens with zero attached hydrogens (tertiary/aromatic N) is 3. The topological polar surface area (TPSA) is 115 Å². The van der Waals surface area contributed by atoms with Gasteiger partial charge in [0.2, 0.25) is 11.8 Å². The predicted octanol–water partition coefficient (Wildman–Crippen LogP) is 3.42.